The lowest BCUT2D eigenvalue weighted by atomic mass is 9.88. The third-order valence-corrected chi connectivity index (χ3v) is 1.39. The van der Waals surface area contributed by atoms with Crippen molar-refractivity contribution >= 4 is 0 Å². The van der Waals surface area contributed by atoms with Crippen LogP contribution in [0.3, 0.4) is 0 Å². The Balaban J connectivity index is -0.000000102. The molecule has 1 fully saturated rings. The molecule has 0 aromatic heterocycles. The number of hydrogen-bond donors (Lipinski definition) is 1. The van der Waals surface area contributed by atoms with Gasteiger partial charge in [-0.2, -0.15) is 0 Å². The molecule has 0 spiro atoms. The zero-order valence-corrected chi connectivity index (χ0v) is 10.2. The zero-order chi connectivity index (χ0) is 10.4. The smallest absolute Gasteiger partial charge is 0.0167 e. The van der Waals surface area contributed by atoms with Crippen molar-refractivity contribution in [1.82, 2.24) is 5.32 Å². The summed E-state index contributed by atoms with van der Waals surface area (Å²) in [7, 11) is 3.75. The molecule has 0 heterocycles. The van der Waals surface area contributed by atoms with Crippen molar-refractivity contribution < 1.29 is 0 Å². The predicted octanol–water partition coefficient (Wildman–Crippen LogP) is 3.69. The van der Waals surface area contributed by atoms with Crippen LogP contribution in [-0.4, -0.2) is 14.1 Å². The summed E-state index contributed by atoms with van der Waals surface area (Å²) >= 11 is 0. The van der Waals surface area contributed by atoms with E-state index in [2.05, 4.69) is 12.2 Å². The van der Waals surface area contributed by atoms with Gasteiger partial charge in [0.2, 0.25) is 0 Å². The second-order valence-corrected chi connectivity index (χ2v) is 2.54. The van der Waals surface area contributed by atoms with E-state index in [1.54, 1.807) is 0 Å². The fraction of sp³-hybridized carbons (Fsp3) is 1.00. The van der Waals surface area contributed by atoms with E-state index in [9.17, 15) is 0 Å². The molecule has 78 valence electrons. The topological polar surface area (TPSA) is 12.0 Å². The van der Waals surface area contributed by atoms with Crippen LogP contribution in [0.15, 0.2) is 0 Å². The fourth-order valence-corrected chi connectivity index (χ4v) is 0.612. The Morgan fingerprint density at radius 3 is 1.08 bits per heavy atom. The average molecular weight is 175 g/mol. The van der Waals surface area contributed by atoms with Crippen LogP contribution in [0.1, 0.15) is 53.9 Å². The van der Waals surface area contributed by atoms with Crippen molar-refractivity contribution in [3.63, 3.8) is 0 Å². The first-order chi connectivity index (χ1) is 5.81. The third-order valence-electron chi connectivity index (χ3n) is 1.39. The van der Waals surface area contributed by atoms with Crippen LogP contribution in [0, 0.1) is 5.92 Å². The molecule has 1 rings (SSSR count). The molecule has 0 radical (unpaired) electrons. The maximum atomic E-state index is 2.75. The Hall–Kier alpha value is -0.0400. The maximum absolute atomic E-state index is 2.75. The summed E-state index contributed by atoms with van der Waals surface area (Å²) in [5.41, 5.74) is 0. The summed E-state index contributed by atoms with van der Waals surface area (Å²) in [6.07, 6.45) is 4.46. The van der Waals surface area contributed by atoms with Crippen LogP contribution < -0.4 is 5.32 Å². The Labute approximate surface area is 80.0 Å². The average Bonchev–Trinajstić information content (AvgIpc) is 2.10. The molecule has 0 amide bonds. The highest BCUT2D eigenvalue weighted by Gasteiger charge is 2.09. The molecule has 0 atom stereocenters. The Morgan fingerprint density at radius 2 is 1.08 bits per heavy atom. The molecular formula is C11H29N. The quantitative estimate of drug-likeness (QED) is 0.592. The van der Waals surface area contributed by atoms with E-state index in [0.717, 1.165) is 5.92 Å². The number of rotatable bonds is 0. The summed E-state index contributed by atoms with van der Waals surface area (Å²) in [5, 5.41) is 2.75. The van der Waals surface area contributed by atoms with E-state index in [-0.39, 0.29) is 0 Å². The van der Waals surface area contributed by atoms with Gasteiger partial charge in [-0.05, 0) is 20.0 Å². The molecule has 1 heteroatoms. The monoisotopic (exact) mass is 175 g/mol. The normalized spacial score (nSPS) is 13.2. The molecule has 1 aliphatic rings. The SMILES string of the molecule is CC.CC.CC1CCC1.CNC. The molecule has 1 nitrogen and oxygen atoms in total. The zero-order valence-electron chi connectivity index (χ0n) is 10.2. The molecule has 12 heavy (non-hydrogen) atoms. The van der Waals surface area contributed by atoms with Crippen molar-refractivity contribution in [3.05, 3.63) is 0 Å². The second kappa shape index (κ2) is 22.4. The molecule has 0 aromatic rings. The molecule has 0 unspecified atom stereocenters. The minimum absolute atomic E-state index is 1.06. The molecule has 1 saturated carbocycles. The molecule has 1 aliphatic carbocycles. The van der Waals surface area contributed by atoms with Gasteiger partial charge in [0, 0.05) is 0 Å². The van der Waals surface area contributed by atoms with E-state index in [0.29, 0.717) is 0 Å². The molecule has 0 aliphatic heterocycles. The summed E-state index contributed by atoms with van der Waals surface area (Å²) in [4.78, 5) is 0. The van der Waals surface area contributed by atoms with Crippen LogP contribution in [0.2, 0.25) is 0 Å². The van der Waals surface area contributed by atoms with Gasteiger partial charge in [0.25, 0.3) is 0 Å². The highest BCUT2D eigenvalue weighted by molar-refractivity contribution is 4.62. The van der Waals surface area contributed by atoms with Gasteiger partial charge in [0.1, 0.15) is 0 Å². The summed E-state index contributed by atoms with van der Waals surface area (Å²) < 4.78 is 0. The number of hydrogen-bond acceptors (Lipinski definition) is 1. The van der Waals surface area contributed by atoms with E-state index < -0.39 is 0 Å². The Morgan fingerprint density at radius 1 is 0.917 bits per heavy atom. The Bertz CT molecular complexity index is 40.3. The maximum Gasteiger partial charge on any atom is -0.0167 e. The van der Waals surface area contributed by atoms with Crippen LogP contribution in [-0.2, 0) is 0 Å². The van der Waals surface area contributed by atoms with Gasteiger partial charge < -0.3 is 5.32 Å². The standard InChI is InChI=1S/C5H10.C2H7N.2C2H6/c1-5-3-2-4-5;1-3-2;2*1-2/h5H,2-4H2,1H3;3H,1-2H3;2*1-2H3. The summed E-state index contributed by atoms with van der Waals surface area (Å²) in [5.74, 6) is 1.06. The van der Waals surface area contributed by atoms with Gasteiger partial charge in [0.15, 0.2) is 0 Å². The van der Waals surface area contributed by atoms with Gasteiger partial charge in [-0.15, -0.1) is 0 Å². The van der Waals surface area contributed by atoms with Gasteiger partial charge in [0.05, 0.1) is 0 Å². The van der Waals surface area contributed by atoms with Crippen molar-refractivity contribution in [2.75, 3.05) is 14.1 Å². The van der Waals surface area contributed by atoms with Crippen molar-refractivity contribution in [3.8, 4) is 0 Å². The van der Waals surface area contributed by atoms with Crippen molar-refractivity contribution in [2.24, 2.45) is 5.92 Å². The minimum atomic E-state index is 1.06. The van der Waals surface area contributed by atoms with E-state index >= 15 is 0 Å². The summed E-state index contributed by atoms with van der Waals surface area (Å²) in [6.45, 7) is 10.3. The molecule has 1 N–H and O–H groups in total. The molecule has 0 saturated heterocycles. The lowest BCUT2D eigenvalue weighted by Gasteiger charge is -2.18. The van der Waals surface area contributed by atoms with Gasteiger partial charge in [-0.25, -0.2) is 0 Å². The Kier molecular flexibility index (Phi) is 33.5. The molecule has 0 bridgehead atoms. The van der Waals surface area contributed by atoms with Crippen molar-refractivity contribution in [2.45, 2.75) is 53.9 Å². The van der Waals surface area contributed by atoms with Gasteiger partial charge >= 0.3 is 0 Å². The first kappa shape index (κ1) is 17.9. The third kappa shape index (κ3) is 22.5. The first-order valence-electron chi connectivity index (χ1n) is 5.39. The number of nitrogens with one attached hydrogen (secondary N) is 1. The predicted molar refractivity (Wildman–Crippen MR) is 60.7 cm³/mol. The second-order valence-electron chi connectivity index (χ2n) is 2.54. The largest absolute Gasteiger partial charge is 0.323 e. The van der Waals surface area contributed by atoms with E-state index in [1.807, 2.05) is 41.8 Å². The van der Waals surface area contributed by atoms with Gasteiger partial charge in [-0.3, -0.25) is 0 Å². The minimum Gasteiger partial charge on any atom is -0.323 e. The highest BCUT2D eigenvalue weighted by Crippen LogP contribution is 2.24. The highest BCUT2D eigenvalue weighted by atomic mass is 14.7. The fourth-order valence-electron chi connectivity index (χ4n) is 0.612. The lowest BCUT2D eigenvalue weighted by Crippen LogP contribution is -2.04. The van der Waals surface area contributed by atoms with E-state index in [4.69, 9.17) is 0 Å². The van der Waals surface area contributed by atoms with E-state index in [1.165, 1.54) is 19.3 Å². The van der Waals surface area contributed by atoms with Crippen LogP contribution >= 0.6 is 0 Å². The first-order valence-corrected chi connectivity index (χ1v) is 5.39. The lowest BCUT2D eigenvalue weighted by molar-refractivity contribution is 0.346. The van der Waals surface area contributed by atoms with Crippen LogP contribution in [0.25, 0.3) is 0 Å². The summed E-state index contributed by atoms with van der Waals surface area (Å²) in [6, 6.07) is 0. The van der Waals surface area contributed by atoms with Gasteiger partial charge in [-0.1, -0.05) is 53.9 Å². The molecule has 0 aromatic carbocycles. The van der Waals surface area contributed by atoms with Crippen molar-refractivity contribution in [1.29, 1.82) is 0 Å². The molecular weight excluding hydrogens is 146 g/mol. The van der Waals surface area contributed by atoms with Crippen LogP contribution in [0.4, 0.5) is 0 Å². The van der Waals surface area contributed by atoms with Crippen LogP contribution in [0.5, 0.6) is 0 Å².